The molecule has 0 spiro atoms. The molecule has 0 saturated heterocycles. The molecule has 0 bridgehead atoms. The van der Waals surface area contributed by atoms with Crippen molar-refractivity contribution >= 4 is 11.9 Å². The molecule has 0 amide bonds. The smallest absolute Gasteiger partial charge is 0.318 e. The molecule has 96 valence electrons. The highest BCUT2D eigenvalue weighted by Gasteiger charge is 2.39. The molecule has 0 heterocycles. The van der Waals surface area contributed by atoms with Gasteiger partial charge in [-0.05, 0) is 31.2 Å². The van der Waals surface area contributed by atoms with Crippen LogP contribution in [0.4, 0.5) is 0 Å². The fraction of sp³-hybridized carbons (Fsp3) is 0.429. The SMILES string of the molecule is O=C(O)CC(=O)OC1(c2ccccc2)CCCC1. The molecule has 0 radical (unpaired) electrons. The summed E-state index contributed by atoms with van der Waals surface area (Å²) in [6.45, 7) is 0. The van der Waals surface area contributed by atoms with E-state index in [4.69, 9.17) is 9.84 Å². The van der Waals surface area contributed by atoms with Crippen LogP contribution in [0.15, 0.2) is 30.3 Å². The van der Waals surface area contributed by atoms with Crippen LogP contribution in [-0.2, 0) is 19.9 Å². The van der Waals surface area contributed by atoms with Crippen LogP contribution < -0.4 is 0 Å². The number of benzene rings is 1. The second-order valence-electron chi connectivity index (χ2n) is 4.61. The van der Waals surface area contributed by atoms with Crippen molar-refractivity contribution in [2.24, 2.45) is 0 Å². The monoisotopic (exact) mass is 248 g/mol. The molecule has 0 unspecified atom stereocenters. The maximum Gasteiger partial charge on any atom is 0.318 e. The van der Waals surface area contributed by atoms with Crippen molar-refractivity contribution in [2.75, 3.05) is 0 Å². The summed E-state index contributed by atoms with van der Waals surface area (Å²) >= 11 is 0. The molecule has 1 aromatic rings. The number of carboxylic acid groups (broad SMARTS) is 1. The van der Waals surface area contributed by atoms with Gasteiger partial charge in [-0.2, -0.15) is 0 Å². The molecule has 1 saturated carbocycles. The van der Waals surface area contributed by atoms with E-state index in [2.05, 4.69) is 0 Å². The van der Waals surface area contributed by atoms with Gasteiger partial charge in [0.2, 0.25) is 0 Å². The summed E-state index contributed by atoms with van der Waals surface area (Å²) in [5, 5.41) is 8.61. The first-order chi connectivity index (χ1) is 8.62. The summed E-state index contributed by atoms with van der Waals surface area (Å²) in [6.07, 6.45) is 2.95. The van der Waals surface area contributed by atoms with E-state index >= 15 is 0 Å². The second kappa shape index (κ2) is 5.21. The fourth-order valence-electron chi connectivity index (χ4n) is 2.52. The molecule has 18 heavy (non-hydrogen) atoms. The molecule has 0 aliphatic heterocycles. The Morgan fingerprint density at radius 2 is 1.78 bits per heavy atom. The second-order valence-corrected chi connectivity index (χ2v) is 4.61. The lowest BCUT2D eigenvalue weighted by Gasteiger charge is -2.29. The van der Waals surface area contributed by atoms with Gasteiger partial charge in [0.1, 0.15) is 12.0 Å². The van der Waals surface area contributed by atoms with Crippen molar-refractivity contribution in [1.29, 1.82) is 0 Å². The standard InChI is InChI=1S/C14H16O4/c15-12(16)10-13(17)18-14(8-4-5-9-14)11-6-2-1-3-7-11/h1-3,6-7H,4-5,8-10H2,(H,15,16). The van der Waals surface area contributed by atoms with Crippen LogP contribution in [0.1, 0.15) is 37.7 Å². The van der Waals surface area contributed by atoms with E-state index in [0.717, 1.165) is 31.2 Å². The predicted molar refractivity (Wildman–Crippen MR) is 64.9 cm³/mol. The Hall–Kier alpha value is -1.84. The quantitative estimate of drug-likeness (QED) is 0.656. The molecule has 1 N–H and O–H groups in total. The van der Waals surface area contributed by atoms with E-state index in [1.54, 1.807) is 0 Å². The number of carboxylic acids is 1. The van der Waals surface area contributed by atoms with Gasteiger partial charge >= 0.3 is 11.9 Å². The predicted octanol–water partition coefficient (Wildman–Crippen LogP) is 2.47. The third-order valence-corrected chi connectivity index (χ3v) is 3.32. The molecule has 0 aromatic heterocycles. The number of carbonyl (C=O) groups is 2. The fourth-order valence-corrected chi connectivity index (χ4v) is 2.52. The van der Waals surface area contributed by atoms with E-state index in [9.17, 15) is 9.59 Å². The van der Waals surface area contributed by atoms with Crippen LogP contribution in [0.5, 0.6) is 0 Å². The zero-order valence-corrected chi connectivity index (χ0v) is 10.1. The summed E-state index contributed by atoms with van der Waals surface area (Å²) < 4.78 is 5.48. The van der Waals surface area contributed by atoms with E-state index in [1.165, 1.54) is 0 Å². The van der Waals surface area contributed by atoms with Crippen molar-refractivity contribution in [3.63, 3.8) is 0 Å². The third-order valence-electron chi connectivity index (χ3n) is 3.32. The molecular formula is C14H16O4. The highest BCUT2D eigenvalue weighted by molar-refractivity contribution is 5.90. The first-order valence-corrected chi connectivity index (χ1v) is 6.12. The molecule has 1 aliphatic rings. The average Bonchev–Trinajstić information content (AvgIpc) is 2.79. The number of carbonyl (C=O) groups excluding carboxylic acids is 1. The molecule has 1 fully saturated rings. The van der Waals surface area contributed by atoms with Gasteiger partial charge < -0.3 is 9.84 Å². The molecule has 1 aromatic carbocycles. The summed E-state index contributed by atoms with van der Waals surface area (Å²) in [7, 11) is 0. The summed E-state index contributed by atoms with van der Waals surface area (Å²) in [5.74, 6) is -1.81. The lowest BCUT2D eigenvalue weighted by Crippen LogP contribution is -2.30. The lowest BCUT2D eigenvalue weighted by atomic mass is 9.92. The summed E-state index contributed by atoms with van der Waals surface area (Å²) in [6, 6.07) is 9.57. The third kappa shape index (κ3) is 2.70. The number of rotatable bonds is 4. The normalized spacial score (nSPS) is 17.3. The van der Waals surface area contributed by atoms with Crippen molar-refractivity contribution in [2.45, 2.75) is 37.7 Å². The van der Waals surface area contributed by atoms with E-state index in [1.807, 2.05) is 30.3 Å². The van der Waals surface area contributed by atoms with Gasteiger partial charge in [0.15, 0.2) is 0 Å². The Balaban J connectivity index is 2.18. The van der Waals surface area contributed by atoms with Crippen LogP contribution in [-0.4, -0.2) is 17.0 Å². The van der Waals surface area contributed by atoms with Crippen LogP contribution in [0.2, 0.25) is 0 Å². The average molecular weight is 248 g/mol. The minimum Gasteiger partial charge on any atom is -0.481 e. The van der Waals surface area contributed by atoms with Gasteiger partial charge in [0.25, 0.3) is 0 Å². The van der Waals surface area contributed by atoms with E-state index in [0.29, 0.717) is 0 Å². The van der Waals surface area contributed by atoms with E-state index in [-0.39, 0.29) is 0 Å². The van der Waals surface area contributed by atoms with Crippen LogP contribution in [0.25, 0.3) is 0 Å². The van der Waals surface area contributed by atoms with Gasteiger partial charge in [0, 0.05) is 0 Å². The Kier molecular flexibility index (Phi) is 3.65. The largest absolute Gasteiger partial charge is 0.481 e. The Labute approximate surface area is 106 Å². The zero-order chi connectivity index (χ0) is 13.0. The Bertz CT molecular complexity index is 432. The topological polar surface area (TPSA) is 63.6 Å². The van der Waals surface area contributed by atoms with Gasteiger partial charge in [-0.1, -0.05) is 30.3 Å². The molecule has 4 nitrogen and oxygen atoms in total. The lowest BCUT2D eigenvalue weighted by molar-refractivity contribution is -0.164. The molecule has 1 aliphatic carbocycles. The van der Waals surface area contributed by atoms with Gasteiger partial charge in [-0.15, -0.1) is 0 Å². The molecule has 2 rings (SSSR count). The minimum absolute atomic E-state index is 0.575. The highest BCUT2D eigenvalue weighted by atomic mass is 16.6. The Morgan fingerprint density at radius 1 is 1.17 bits per heavy atom. The van der Waals surface area contributed by atoms with Crippen molar-refractivity contribution < 1.29 is 19.4 Å². The van der Waals surface area contributed by atoms with Crippen molar-refractivity contribution in [3.05, 3.63) is 35.9 Å². The molecule has 0 atom stereocenters. The van der Waals surface area contributed by atoms with Crippen molar-refractivity contribution in [3.8, 4) is 0 Å². The molecule has 4 heteroatoms. The van der Waals surface area contributed by atoms with Crippen LogP contribution in [0, 0.1) is 0 Å². The summed E-state index contributed by atoms with van der Waals surface area (Å²) in [5.41, 5.74) is 0.342. The Morgan fingerprint density at radius 3 is 2.33 bits per heavy atom. The van der Waals surface area contributed by atoms with Gasteiger partial charge in [0.05, 0.1) is 0 Å². The first kappa shape index (κ1) is 12.6. The minimum atomic E-state index is -1.15. The summed E-state index contributed by atoms with van der Waals surface area (Å²) in [4.78, 5) is 22.1. The number of hydrogen-bond donors (Lipinski definition) is 1. The maximum absolute atomic E-state index is 11.6. The van der Waals surface area contributed by atoms with Crippen molar-refractivity contribution in [1.82, 2.24) is 0 Å². The first-order valence-electron chi connectivity index (χ1n) is 6.12. The van der Waals surface area contributed by atoms with E-state index < -0.39 is 24.0 Å². The van der Waals surface area contributed by atoms with Gasteiger partial charge in [-0.25, -0.2) is 0 Å². The number of ether oxygens (including phenoxy) is 1. The number of hydrogen-bond acceptors (Lipinski definition) is 3. The maximum atomic E-state index is 11.6. The zero-order valence-electron chi connectivity index (χ0n) is 10.1. The number of esters is 1. The van der Waals surface area contributed by atoms with Gasteiger partial charge in [-0.3, -0.25) is 9.59 Å². The number of aliphatic carboxylic acids is 1. The molecular weight excluding hydrogens is 232 g/mol. The van der Waals surface area contributed by atoms with Crippen LogP contribution >= 0.6 is 0 Å². The van der Waals surface area contributed by atoms with Crippen LogP contribution in [0.3, 0.4) is 0 Å². The highest BCUT2D eigenvalue weighted by Crippen LogP contribution is 2.42.